The van der Waals surface area contributed by atoms with Gasteiger partial charge in [-0.25, -0.2) is 0 Å². The Balaban J connectivity index is 1.54. The summed E-state index contributed by atoms with van der Waals surface area (Å²) in [6.45, 7) is 2.90. The quantitative estimate of drug-likeness (QED) is 0.0259. The second-order valence-electron chi connectivity index (χ2n) is 25.4. The molecule has 2 fully saturated rings. The number of aliphatic hydroxyl groups excluding tert-OH is 8. The van der Waals surface area contributed by atoms with Crippen molar-refractivity contribution in [2.75, 3.05) is 19.8 Å². The van der Waals surface area contributed by atoms with Crippen molar-refractivity contribution in [3.63, 3.8) is 0 Å². The first-order chi connectivity index (χ1) is 40.1. The van der Waals surface area contributed by atoms with Gasteiger partial charge in [-0.3, -0.25) is 4.79 Å². The first kappa shape index (κ1) is 77.1. The molecule has 0 radical (unpaired) electrons. The predicted molar refractivity (Wildman–Crippen MR) is 332 cm³/mol. The second kappa shape index (κ2) is 54.2. The molecule has 2 aliphatic heterocycles. The third kappa shape index (κ3) is 38.3. The van der Waals surface area contributed by atoms with Gasteiger partial charge in [0.25, 0.3) is 0 Å². The van der Waals surface area contributed by atoms with E-state index in [2.05, 4.69) is 19.2 Å². The molecule has 1 amide bonds. The number of carbonyl (C=O) groups is 1. The monoisotopic (exact) mass is 1170 g/mol. The summed E-state index contributed by atoms with van der Waals surface area (Å²) in [5.74, 6) is -0.199. The highest BCUT2D eigenvalue weighted by molar-refractivity contribution is 5.76. The highest BCUT2D eigenvalue weighted by Crippen LogP contribution is 2.30. The van der Waals surface area contributed by atoms with E-state index in [9.17, 15) is 45.6 Å². The van der Waals surface area contributed by atoms with Crippen molar-refractivity contribution in [3.05, 3.63) is 0 Å². The van der Waals surface area contributed by atoms with Crippen LogP contribution < -0.4 is 5.32 Å². The molecule has 12 atom stereocenters. The molecule has 0 spiro atoms. The molecule has 14 heteroatoms. The van der Waals surface area contributed by atoms with Gasteiger partial charge in [0.05, 0.1) is 32.0 Å². The van der Waals surface area contributed by atoms with Crippen molar-refractivity contribution >= 4 is 5.91 Å². The zero-order valence-electron chi connectivity index (χ0n) is 53.0. The van der Waals surface area contributed by atoms with Gasteiger partial charge in [0.15, 0.2) is 12.6 Å². The minimum absolute atomic E-state index is 0.199. The van der Waals surface area contributed by atoms with Crippen LogP contribution in [0.15, 0.2) is 0 Å². The highest BCUT2D eigenvalue weighted by atomic mass is 16.7. The average molecular weight is 1170 g/mol. The van der Waals surface area contributed by atoms with E-state index >= 15 is 0 Å². The number of nitrogens with one attached hydrogen (secondary N) is 1. The van der Waals surface area contributed by atoms with Crippen LogP contribution in [0.5, 0.6) is 0 Å². The molecule has 2 rings (SSSR count). The van der Waals surface area contributed by atoms with Crippen molar-refractivity contribution < 1.29 is 64.6 Å². The lowest BCUT2D eigenvalue weighted by molar-refractivity contribution is -0.359. The number of aliphatic hydroxyl groups is 8. The molecule has 2 aliphatic rings. The molecule has 14 nitrogen and oxygen atoms in total. The van der Waals surface area contributed by atoms with Crippen LogP contribution in [0.25, 0.3) is 0 Å². The van der Waals surface area contributed by atoms with E-state index in [-0.39, 0.29) is 12.5 Å². The summed E-state index contributed by atoms with van der Waals surface area (Å²) in [4.78, 5) is 13.3. The topological polar surface area (TPSA) is 228 Å². The zero-order chi connectivity index (χ0) is 59.5. The maximum atomic E-state index is 13.3. The lowest BCUT2D eigenvalue weighted by atomic mass is 9.97. The Hall–Kier alpha value is -1.01. The van der Waals surface area contributed by atoms with Gasteiger partial charge in [-0.05, 0) is 12.8 Å². The van der Waals surface area contributed by atoms with E-state index in [1.54, 1.807) is 0 Å². The van der Waals surface area contributed by atoms with Crippen LogP contribution in [0.1, 0.15) is 335 Å². The predicted octanol–water partition coefficient (Wildman–Crippen LogP) is 14.0. The molecule has 4 unspecified atom stereocenters. The van der Waals surface area contributed by atoms with Crippen LogP contribution in [-0.4, -0.2) is 140 Å². The van der Waals surface area contributed by atoms with E-state index in [1.165, 1.54) is 257 Å². The molecule has 2 saturated heterocycles. The molecule has 0 saturated carbocycles. The van der Waals surface area contributed by atoms with Crippen LogP contribution in [0.4, 0.5) is 0 Å². The number of carbonyl (C=O) groups excluding carboxylic acids is 1. The molecular formula is C68H133NO13. The number of amides is 1. The molecule has 0 aromatic rings. The van der Waals surface area contributed by atoms with Crippen LogP contribution in [-0.2, 0) is 23.7 Å². The third-order valence-electron chi connectivity index (χ3n) is 17.8. The maximum absolute atomic E-state index is 13.3. The highest BCUT2D eigenvalue weighted by Gasteiger charge is 2.51. The Morgan fingerprint density at radius 1 is 0.390 bits per heavy atom. The van der Waals surface area contributed by atoms with Gasteiger partial charge in [-0.2, -0.15) is 0 Å². The maximum Gasteiger partial charge on any atom is 0.220 e. The van der Waals surface area contributed by atoms with Gasteiger partial charge in [0, 0.05) is 6.42 Å². The van der Waals surface area contributed by atoms with Crippen LogP contribution in [0.2, 0.25) is 0 Å². The summed E-state index contributed by atoms with van der Waals surface area (Å²) in [7, 11) is 0. The van der Waals surface area contributed by atoms with Gasteiger partial charge in [-0.15, -0.1) is 0 Å². The smallest absolute Gasteiger partial charge is 0.220 e. The largest absolute Gasteiger partial charge is 0.394 e. The molecule has 2 heterocycles. The van der Waals surface area contributed by atoms with Gasteiger partial charge in [0.1, 0.15) is 48.8 Å². The Labute approximate surface area is 502 Å². The molecule has 82 heavy (non-hydrogen) atoms. The lowest BCUT2D eigenvalue weighted by Gasteiger charge is -2.46. The van der Waals surface area contributed by atoms with Crippen LogP contribution >= 0.6 is 0 Å². The second-order valence-corrected chi connectivity index (χ2v) is 25.4. The zero-order valence-corrected chi connectivity index (χ0v) is 53.0. The van der Waals surface area contributed by atoms with E-state index in [0.717, 1.165) is 51.4 Å². The molecule has 0 aliphatic carbocycles. The molecule has 488 valence electrons. The average Bonchev–Trinajstić information content (AvgIpc) is 3.52. The van der Waals surface area contributed by atoms with Gasteiger partial charge in [0.2, 0.25) is 5.91 Å². The fourth-order valence-electron chi connectivity index (χ4n) is 12.2. The Bertz CT molecular complexity index is 1380. The Kier molecular flexibility index (Phi) is 50.9. The Morgan fingerprint density at radius 3 is 1.04 bits per heavy atom. The normalized spacial score (nSPS) is 23.8. The van der Waals surface area contributed by atoms with Crippen molar-refractivity contribution in [2.45, 2.75) is 408 Å². The molecular weight excluding hydrogens is 1040 g/mol. The first-order valence-electron chi connectivity index (χ1n) is 35.3. The van der Waals surface area contributed by atoms with Gasteiger partial charge < -0.3 is 65.1 Å². The molecule has 9 N–H and O–H groups in total. The minimum atomic E-state index is -1.78. The Morgan fingerprint density at radius 2 is 0.695 bits per heavy atom. The summed E-state index contributed by atoms with van der Waals surface area (Å²) in [6, 6.07) is -0.822. The lowest BCUT2D eigenvalue weighted by Crippen LogP contribution is -2.65. The minimum Gasteiger partial charge on any atom is -0.394 e. The van der Waals surface area contributed by atoms with E-state index in [0.29, 0.717) is 12.8 Å². The number of hydrogen-bond acceptors (Lipinski definition) is 13. The van der Waals surface area contributed by atoms with Crippen molar-refractivity contribution in [3.8, 4) is 0 Å². The van der Waals surface area contributed by atoms with Crippen LogP contribution in [0.3, 0.4) is 0 Å². The fraction of sp³-hybridized carbons (Fsp3) is 0.985. The number of rotatable bonds is 59. The third-order valence-corrected chi connectivity index (χ3v) is 17.8. The molecule has 0 aromatic heterocycles. The van der Waals surface area contributed by atoms with E-state index in [4.69, 9.17) is 18.9 Å². The van der Waals surface area contributed by atoms with Crippen LogP contribution in [0, 0.1) is 0 Å². The summed E-state index contributed by atoms with van der Waals surface area (Å²) in [5.41, 5.74) is 0. The van der Waals surface area contributed by atoms with Crippen molar-refractivity contribution in [1.82, 2.24) is 5.32 Å². The summed E-state index contributed by atoms with van der Waals surface area (Å²) < 4.78 is 22.9. The SMILES string of the molecule is CCCCCCCCCCCCCCCCCCCCCCCCCCCCCCCCCCCCCCC(=O)N[C@@H](CO[C@@H]1O[C@H](CO)[C@@H](O[C@@H]2O[C@H](CO)[C@H](O)C(O)C2O)C(O)C1O)[C@H](O)CCCCCCCCCCCCCC. The first-order valence-corrected chi connectivity index (χ1v) is 35.3. The van der Waals surface area contributed by atoms with Crippen molar-refractivity contribution in [2.24, 2.45) is 0 Å². The molecule has 0 aromatic carbocycles. The molecule has 0 bridgehead atoms. The summed E-state index contributed by atoms with van der Waals surface area (Å²) >= 11 is 0. The van der Waals surface area contributed by atoms with E-state index < -0.39 is 86.8 Å². The standard InChI is InChI=1S/C68H133NO13/c1-3-5-7-9-11-13-15-17-18-19-20-21-22-23-24-25-26-27-28-29-30-31-32-33-34-35-36-37-38-39-40-42-44-46-48-50-52-60(73)69-56(57(72)51-49-47-45-43-41-16-14-12-10-8-6-4-2)55-79-67-65(78)63(76)66(59(54-71)81-67)82-68-64(77)62(75)61(74)58(53-70)80-68/h56-59,61-68,70-72,74-78H,3-55H2,1-2H3,(H,69,73)/t56-,57+,58+,59+,61-,62?,63?,64?,65?,66+,67+,68-/m0/s1. The number of hydrogen-bond donors (Lipinski definition) is 9. The van der Waals surface area contributed by atoms with E-state index in [1.807, 2.05) is 0 Å². The summed E-state index contributed by atoms with van der Waals surface area (Å²) in [5, 5.41) is 87.3. The van der Waals surface area contributed by atoms with Gasteiger partial charge in [-0.1, -0.05) is 316 Å². The van der Waals surface area contributed by atoms with Gasteiger partial charge >= 0.3 is 0 Å². The summed E-state index contributed by atoms with van der Waals surface area (Å²) in [6.07, 6.45) is 47.3. The number of unbranched alkanes of at least 4 members (excludes halogenated alkanes) is 46. The number of ether oxygens (including phenoxy) is 4. The fourth-order valence-corrected chi connectivity index (χ4v) is 12.2. The van der Waals surface area contributed by atoms with Crippen molar-refractivity contribution in [1.29, 1.82) is 0 Å².